The van der Waals surface area contributed by atoms with Gasteiger partial charge in [-0.2, -0.15) is 0 Å². The number of hydrogen-bond donors (Lipinski definition) is 1. The second-order valence-electron chi connectivity index (χ2n) is 5.14. The summed E-state index contributed by atoms with van der Waals surface area (Å²) in [5.74, 6) is 1.07. The second-order valence-corrected chi connectivity index (χ2v) is 5.55. The van der Waals surface area contributed by atoms with Crippen LogP contribution in [-0.4, -0.2) is 25.2 Å². The number of hydrogen-bond acceptors (Lipinski definition) is 3. The first kappa shape index (κ1) is 17.2. The van der Waals surface area contributed by atoms with E-state index >= 15 is 0 Å². The molecule has 0 heterocycles. The fourth-order valence-electron chi connectivity index (χ4n) is 1.91. The third-order valence-corrected chi connectivity index (χ3v) is 3.51. The van der Waals surface area contributed by atoms with E-state index in [-0.39, 0.29) is 5.91 Å². The fraction of sp³-hybridized carbons (Fsp3) is 0.278. The van der Waals surface area contributed by atoms with Crippen LogP contribution in [0.3, 0.4) is 0 Å². The second kappa shape index (κ2) is 8.44. The van der Waals surface area contributed by atoms with Crippen LogP contribution in [0.4, 0.5) is 0 Å². The molecule has 0 aliphatic carbocycles. The number of benzene rings is 2. The van der Waals surface area contributed by atoms with E-state index in [0.717, 1.165) is 5.75 Å². The molecule has 5 heteroatoms. The smallest absolute Gasteiger partial charge is 0.260 e. The summed E-state index contributed by atoms with van der Waals surface area (Å²) in [6.07, 6.45) is -0.630. The van der Waals surface area contributed by atoms with E-state index in [1.807, 2.05) is 37.3 Å². The summed E-state index contributed by atoms with van der Waals surface area (Å²) in [6.45, 7) is 4.50. The number of carbonyl (C=O) groups is 1. The highest BCUT2D eigenvalue weighted by Crippen LogP contribution is 2.24. The molecule has 0 aromatic heterocycles. The molecule has 2 rings (SSSR count). The number of aryl methyl sites for hydroxylation is 1. The lowest BCUT2D eigenvalue weighted by Crippen LogP contribution is -2.38. The van der Waals surface area contributed by atoms with Crippen LogP contribution in [0.5, 0.6) is 11.5 Å². The Morgan fingerprint density at radius 3 is 2.57 bits per heavy atom. The van der Waals surface area contributed by atoms with Crippen LogP contribution in [0.1, 0.15) is 12.5 Å². The van der Waals surface area contributed by atoms with Crippen LogP contribution in [0.15, 0.2) is 48.5 Å². The van der Waals surface area contributed by atoms with Crippen molar-refractivity contribution in [3.8, 4) is 11.5 Å². The zero-order chi connectivity index (χ0) is 16.7. The molecule has 23 heavy (non-hydrogen) atoms. The molecule has 0 fully saturated rings. The van der Waals surface area contributed by atoms with Gasteiger partial charge in [-0.3, -0.25) is 4.79 Å². The first-order chi connectivity index (χ1) is 11.1. The maximum absolute atomic E-state index is 12.0. The Morgan fingerprint density at radius 2 is 1.87 bits per heavy atom. The molecule has 0 bridgehead atoms. The summed E-state index contributed by atoms with van der Waals surface area (Å²) in [6, 6.07) is 14.8. The van der Waals surface area contributed by atoms with Crippen molar-refractivity contribution in [1.29, 1.82) is 0 Å². The molecule has 122 valence electrons. The molecule has 1 N–H and O–H groups in total. The molecule has 1 atom stereocenters. The predicted octanol–water partition coefficient (Wildman–Crippen LogP) is 3.61. The summed E-state index contributed by atoms with van der Waals surface area (Å²) < 4.78 is 11.1. The average Bonchev–Trinajstić information content (AvgIpc) is 2.55. The lowest BCUT2D eigenvalue weighted by atomic mass is 10.2. The lowest BCUT2D eigenvalue weighted by molar-refractivity contribution is -0.127. The number of nitrogens with one attached hydrogen (secondary N) is 1. The number of para-hydroxylation sites is 1. The number of amides is 1. The Balaban J connectivity index is 1.72. The topological polar surface area (TPSA) is 47.6 Å². The zero-order valence-electron chi connectivity index (χ0n) is 13.2. The van der Waals surface area contributed by atoms with E-state index in [1.54, 1.807) is 25.1 Å². The van der Waals surface area contributed by atoms with Crippen molar-refractivity contribution in [2.45, 2.75) is 20.0 Å². The van der Waals surface area contributed by atoms with Crippen molar-refractivity contribution in [2.24, 2.45) is 0 Å². The van der Waals surface area contributed by atoms with Gasteiger partial charge in [-0.25, -0.2) is 0 Å². The minimum Gasteiger partial charge on any atom is -0.492 e. The Labute approximate surface area is 141 Å². The van der Waals surface area contributed by atoms with Crippen molar-refractivity contribution in [3.63, 3.8) is 0 Å². The van der Waals surface area contributed by atoms with E-state index in [0.29, 0.717) is 23.9 Å². The highest BCUT2D eigenvalue weighted by molar-refractivity contribution is 6.32. The van der Waals surface area contributed by atoms with Gasteiger partial charge in [0.1, 0.15) is 18.1 Å². The van der Waals surface area contributed by atoms with Gasteiger partial charge in [0.2, 0.25) is 0 Å². The fourth-order valence-corrected chi connectivity index (χ4v) is 2.09. The highest BCUT2D eigenvalue weighted by atomic mass is 35.5. The van der Waals surface area contributed by atoms with Crippen LogP contribution >= 0.6 is 11.6 Å². The minimum atomic E-state index is -0.630. The molecule has 0 unspecified atom stereocenters. The maximum atomic E-state index is 12.0. The molecule has 0 saturated heterocycles. The van der Waals surface area contributed by atoms with Crippen molar-refractivity contribution >= 4 is 17.5 Å². The van der Waals surface area contributed by atoms with Crippen molar-refractivity contribution in [1.82, 2.24) is 5.32 Å². The minimum absolute atomic E-state index is 0.211. The number of ether oxygens (including phenoxy) is 2. The molecule has 0 aliphatic heterocycles. The normalized spacial score (nSPS) is 11.6. The van der Waals surface area contributed by atoms with Gasteiger partial charge in [-0.05, 0) is 38.1 Å². The number of carbonyl (C=O) groups excluding carboxylic acids is 1. The summed E-state index contributed by atoms with van der Waals surface area (Å²) in [5.41, 5.74) is 1.18. The molecule has 2 aromatic carbocycles. The molecule has 4 nitrogen and oxygen atoms in total. The first-order valence-electron chi connectivity index (χ1n) is 7.44. The van der Waals surface area contributed by atoms with Crippen LogP contribution in [0, 0.1) is 6.92 Å². The Kier molecular flexibility index (Phi) is 6.29. The van der Waals surface area contributed by atoms with Crippen LogP contribution in [0.2, 0.25) is 5.02 Å². The number of rotatable bonds is 7. The van der Waals surface area contributed by atoms with Gasteiger partial charge in [0.05, 0.1) is 11.6 Å². The highest BCUT2D eigenvalue weighted by Gasteiger charge is 2.15. The van der Waals surface area contributed by atoms with Gasteiger partial charge < -0.3 is 14.8 Å². The van der Waals surface area contributed by atoms with E-state index in [1.165, 1.54) is 5.56 Å². The lowest BCUT2D eigenvalue weighted by Gasteiger charge is -2.15. The van der Waals surface area contributed by atoms with Gasteiger partial charge in [0, 0.05) is 0 Å². The molecular formula is C18H20ClNO3. The standard InChI is InChI=1S/C18H20ClNO3/c1-13-7-9-15(10-8-13)22-12-11-20-18(21)14(2)23-17-6-4-3-5-16(17)19/h3-10,14H,11-12H2,1-2H3,(H,20,21)/t14-/m0/s1. The third-order valence-electron chi connectivity index (χ3n) is 3.20. The van der Waals surface area contributed by atoms with E-state index in [4.69, 9.17) is 21.1 Å². The van der Waals surface area contributed by atoms with Gasteiger partial charge in [0.15, 0.2) is 6.10 Å². The average molecular weight is 334 g/mol. The van der Waals surface area contributed by atoms with Crippen molar-refractivity contribution in [3.05, 3.63) is 59.1 Å². The van der Waals surface area contributed by atoms with Crippen LogP contribution in [-0.2, 0) is 4.79 Å². The Morgan fingerprint density at radius 1 is 1.17 bits per heavy atom. The Bertz CT molecular complexity index is 643. The summed E-state index contributed by atoms with van der Waals surface area (Å²) in [5, 5.41) is 3.25. The van der Waals surface area contributed by atoms with Crippen molar-refractivity contribution in [2.75, 3.05) is 13.2 Å². The SMILES string of the molecule is Cc1ccc(OCCNC(=O)[C@H](C)Oc2ccccc2Cl)cc1. The van der Waals surface area contributed by atoms with Crippen LogP contribution < -0.4 is 14.8 Å². The molecule has 2 aromatic rings. The zero-order valence-corrected chi connectivity index (χ0v) is 14.0. The molecule has 0 aliphatic rings. The first-order valence-corrected chi connectivity index (χ1v) is 7.82. The van der Waals surface area contributed by atoms with Gasteiger partial charge in [-0.1, -0.05) is 41.4 Å². The molecule has 0 spiro atoms. The summed E-state index contributed by atoms with van der Waals surface area (Å²) >= 11 is 6.00. The largest absolute Gasteiger partial charge is 0.492 e. The third kappa shape index (κ3) is 5.49. The maximum Gasteiger partial charge on any atom is 0.260 e. The van der Waals surface area contributed by atoms with Crippen molar-refractivity contribution < 1.29 is 14.3 Å². The summed E-state index contributed by atoms with van der Waals surface area (Å²) in [4.78, 5) is 12.0. The molecule has 1 amide bonds. The number of halogens is 1. The Hall–Kier alpha value is -2.20. The summed E-state index contributed by atoms with van der Waals surface area (Å²) in [7, 11) is 0. The molecule has 0 saturated carbocycles. The molecular weight excluding hydrogens is 314 g/mol. The predicted molar refractivity (Wildman–Crippen MR) is 91.2 cm³/mol. The molecule has 0 radical (unpaired) electrons. The van der Waals surface area contributed by atoms with E-state index in [2.05, 4.69) is 5.32 Å². The van der Waals surface area contributed by atoms with E-state index < -0.39 is 6.10 Å². The van der Waals surface area contributed by atoms with Crippen LogP contribution in [0.25, 0.3) is 0 Å². The van der Waals surface area contributed by atoms with Gasteiger partial charge >= 0.3 is 0 Å². The quantitative estimate of drug-likeness (QED) is 0.787. The van der Waals surface area contributed by atoms with Gasteiger partial charge in [0.25, 0.3) is 5.91 Å². The van der Waals surface area contributed by atoms with E-state index in [9.17, 15) is 4.79 Å². The monoisotopic (exact) mass is 333 g/mol. The van der Waals surface area contributed by atoms with Gasteiger partial charge in [-0.15, -0.1) is 0 Å².